The molecule has 12 heteroatoms. The lowest BCUT2D eigenvalue weighted by Crippen LogP contribution is -2.20. The van der Waals surface area contributed by atoms with Crippen molar-refractivity contribution in [3.05, 3.63) is 28.1 Å². The predicted octanol–water partition coefficient (Wildman–Crippen LogP) is 2.74. The quantitative estimate of drug-likeness (QED) is 0.122. The van der Waals surface area contributed by atoms with Crippen molar-refractivity contribution >= 4 is 19.5 Å². The number of methoxy groups -OCH3 is 3. The first-order valence-electron chi connectivity index (χ1n) is 10.7. The third-order valence-corrected chi connectivity index (χ3v) is 4.72. The van der Waals surface area contributed by atoms with Gasteiger partial charge in [-0.1, -0.05) is 6.08 Å². The van der Waals surface area contributed by atoms with Crippen molar-refractivity contribution in [3.8, 4) is 17.2 Å². The Morgan fingerprint density at radius 1 is 1.18 bits per heavy atom. The molecular weight excluding hydrogens is 449 g/mol. The van der Waals surface area contributed by atoms with Gasteiger partial charge in [0.05, 0.1) is 20.3 Å². The average molecular weight is 479 g/mol. The van der Waals surface area contributed by atoms with Crippen LogP contribution in [0.4, 0.5) is 5.69 Å². The summed E-state index contributed by atoms with van der Waals surface area (Å²) >= 11 is 0. The Kier molecular flexibility index (Phi) is 11.8. The van der Waals surface area contributed by atoms with E-state index in [1.54, 1.807) is 13.0 Å². The van der Waals surface area contributed by atoms with Gasteiger partial charge in [0.2, 0.25) is 0 Å². The number of esters is 1. The Morgan fingerprint density at radius 2 is 1.85 bits per heavy atom. The fraction of sp³-hybridized carbons (Fsp3) is 0.591. The maximum atomic E-state index is 12.4. The van der Waals surface area contributed by atoms with E-state index in [1.165, 1.54) is 27.4 Å². The fourth-order valence-electron chi connectivity index (χ4n) is 3.26. The van der Waals surface area contributed by atoms with E-state index >= 15 is 0 Å². The molecule has 1 saturated heterocycles. The van der Waals surface area contributed by atoms with Gasteiger partial charge in [0.1, 0.15) is 14.0 Å². The van der Waals surface area contributed by atoms with Gasteiger partial charge in [-0.25, -0.2) is 4.79 Å². The zero-order chi connectivity index (χ0) is 24.9. The first-order valence-corrected chi connectivity index (χ1v) is 10.7. The summed E-state index contributed by atoms with van der Waals surface area (Å²) in [5.41, 5.74) is 0.342. The highest BCUT2D eigenvalue weighted by Gasteiger charge is 2.25. The number of hydrogen-bond acceptors (Lipinski definition) is 11. The molecular formula is C22H30BNO10. The molecule has 0 aromatic heterocycles. The molecule has 1 fully saturated rings. The summed E-state index contributed by atoms with van der Waals surface area (Å²) in [6, 6.07) is 1.37. The van der Waals surface area contributed by atoms with E-state index in [4.69, 9.17) is 45.7 Å². The fourth-order valence-corrected chi connectivity index (χ4v) is 3.26. The van der Waals surface area contributed by atoms with Crippen LogP contribution in [0.25, 0.3) is 0 Å². The van der Waals surface area contributed by atoms with Crippen LogP contribution in [0.3, 0.4) is 0 Å². The average Bonchev–Trinajstić information content (AvgIpc) is 3.34. The minimum Gasteiger partial charge on any atom is -0.492 e. The minimum absolute atomic E-state index is 0.0277. The van der Waals surface area contributed by atoms with Crippen LogP contribution in [0.2, 0.25) is 0 Å². The first kappa shape index (κ1) is 27.6. The largest absolute Gasteiger partial charge is 0.492 e. The molecule has 1 aliphatic rings. The lowest BCUT2D eigenvalue weighted by atomic mass is 9.94. The van der Waals surface area contributed by atoms with Crippen LogP contribution in [0.1, 0.15) is 25.3 Å². The highest BCUT2D eigenvalue weighted by Crippen LogP contribution is 2.45. The molecule has 2 rings (SSSR count). The van der Waals surface area contributed by atoms with Gasteiger partial charge in [0.15, 0.2) is 42.8 Å². The number of nitroso groups, excluding NO2 is 1. The van der Waals surface area contributed by atoms with E-state index in [1.807, 2.05) is 0 Å². The van der Waals surface area contributed by atoms with Gasteiger partial charge in [-0.05, 0) is 24.0 Å². The zero-order valence-electron chi connectivity index (χ0n) is 19.9. The van der Waals surface area contributed by atoms with Crippen molar-refractivity contribution in [2.24, 2.45) is 5.18 Å². The van der Waals surface area contributed by atoms with E-state index in [9.17, 15) is 9.70 Å². The highest BCUT2D eigenvalue weighted by molar-refractivity contribution is 6.35. The molecule has 186 valence electrons. The first-order chi connectivity index (χ1) is 16.4. The molecule has 0 amide bonds. The van der Waals surface area contributed by atoms with Gasteiger partial charge in [-0.3, -0.25) is 0 Å². The van der Waals surface area contributed by atoms with Crippen LogP contribution in [0.5, 0.6) is 17.2 Å². The van der Waals surface area contributed by atoms with E-state index in [-0.39, 0.29) is 54.7 Å². The number of allylic oxidation sites excluding steroid dienone is 1. The summed E-state index contributed by atoms with van der Waals surface area (Å²) in [4.78, 5) is 23.9. The highest BCUT2D eigenvalue weighted by atomic mass is 16.7. The molecule has 34 heavy (non-hydrogen) atoms. The molecule has 1 aromatic carbocycles. The molecule has 2 radical (unpaired) electrons. The van der Waals surface area contributed by atoms with Crippen LogP contribution in [-0.2, 0) is 34.9 Å². The third-order valence-electron chi connectivity index (χ3n) is 4.72. The van der Waals surface area contributed by atoms with Crippen molar-refractivity contribution in [3.63, 3.8) is 0 Å². The minimum atomic E-state index is -0.681. The second-order valence-electron chi connectivity index (χ2n) is 7.26. The predicted molar refractivity (Wildman–Crippen MR) is 121 cm³/mol. The number of nitrogens with zero attached hydrogens (tertiary/aromatic N) is 1. The number of benzene rings is 1. The van der Waals surface area contributed by atoms with Crippen LogP contribution in [-0.4, -0.2) is 74.3 Å². The standard InChI is InChI=1S/C22H30BNO10/c1-14(34-22(25)16(23)6-5-7-19-30-8-9-31-19)10-15-20(33-13-28-3)17(24-26)11-18(21(15)29-4)32-12-27-2/h6,11,14,19H,5,7-10,12-13H2,1-4H3/b16-6+. The van der Waals surface area contributed by atoms with Crippen LogP contribution in [0.15, 0.2) is 22.8 Å². The topological polar surface area (TPSA) is 120 Å². The normalized spacial score (nSPS) is 15.1. The summed E-state index contributed by atoms with van der Waals surface area (Å²) in [6.45, 7) is 2.55. The summed E-state index contributed by atoms with van der Waals surface area (Å²) in [5.74, 6) is -0.0624. The molecule has 1 unspecified atom stereocenters. The lowest BCUT2D eigenvalue weighted by Gasteiger charge is -2.21. The van der Waals surface area contributed by atoms with Crippen LogP contribution >= 0.6 is 0 Å². The Morgan fingerprint density at radius 3 is 2.47 bits per heavy atom. The van der Waals surface area contributed by atoms with Crippen LogP contribution < -0.4 is 14.2 Å². The van der Waals surface area contributed by atoms with Crippen molar-refractivity contribution in [1.29, 1.82) is 0 Å². The SMILES string of the molecule is [B]/C(=C/CCC1OCCO1)C(=O)OC(C)Cc1c(OCOC)c(N=O)cc(OCOC)c1OC. The molecule has 0 N–H and O–H groups in total. The second-order valence-corrected chi connectivity index (χ2v) is 7.26. The summed E-state index contributed by atoms with van der Waals surface area (Å²) in [7, 11) is 10.2. The molecule has 1 atom stereocenters. The Bertz CT molecular complexity index is 841. The summed E-state index contributed by atoms with van der Waals surface area (Å²) in [5, 5.41) is 3.03. The summed E-state index contributed by atoms with van der Waals surface area (Å²) < 4.78 is 42.7. The molecule has 0 bridgehead atoms. The van der Waals surface area contributed by atoms with Gasteiger partial charge >= 0.3 is 5.97 Å². The molecule has 1 aliphatic heterocycles. The van der Waals surface area contributed by atoms with E-state index in [0.717, 1.165) is 0 Å². The molecule has 0 saturated carbocycles. The Labute approximate surface area is 199 Å². The molecule has 11 nitrogen and oxygen atoms in total. The van der Waals surface area contributed by atoms with Gasteiger partial charge < -0.3 is 37.9 Å². The maximum Gasteiger partial charge on any atom is 0.323 e. The number of hydrogen-bond donors (Lipinski definition) is 0. The van der Waals surface area contributed by atoms with Crippen molar-refractivity contribution < 1.29 is 42.7 Å². The Balaban J connectivity index is 2.17. The molecule has 0 spiro atoms. The molecule has 1 heterocycles. The van der Waals surface area contributed by atoms with Gasteiger partial charge in [-0.2, -0.15) is 0 Å². The van der Waals surface area contributed by atoms with E-state index in [0.29, 0.717) is 31.6 Å². The number of carbonyl (C=O) groups is 1. The second kappa shape index (κ2) is 14.6. The van der Waals surface area contributed by atoms with Gasteiger partial charge in [-0.15, -0.1) is 4.91 Å². The molecule has 0 aliphatic carbocycles. The molecule has 1 aromatic rings. The van der Waals surface area contributed by atoms with Crippen molar-refractivity contribution in [2.75, 3.05) is 48.1 Å². The smallest absolute Gasteiger partial charge is 0.323 e. The summed E-state index contributed by atoms with van der Waals surface area (Å²) in [6.07, 6.45) is 1.80. The van der Waals surface area contributed by atoms with Gasteiger partial charge in [0.25, 0.3) is 0 Å². The number of carbonyl (C=O) groups excluding carboxylic acids is 1. The van der Waals surface area contributed by atoms with Crippen molar-refractivity contribution in [2.45, 2.75) is 38.6 Å². The number of rotatable bonds is 15. The number of ether oxygens (including phenoxy) is 8. The zero-order valence-corrected chi connectivity index (χ0v) is 19.9. The van der Waals surface area contributed by atoms with Crippen molar-refractivity contribution in [1.82, 2.24) is 0 Å². The van der Waals surface area contributed by atoms with Gasteiger partial charge in [0, 0.05) is 38.7 Å². The van der Waals surface area contributed by atoms with Crippen LogP contribution in [0, 0.1) is 4.91 Å². The van der Waals surface area contributed by atoms with E-state index < -0.39 is 12.1 Å². The van der Waals surface area contributed by atoms with E-state index in [2.05, 4.69) is 5.18 Å². The maximum absolute atomic E-state index is 12.4. The lowest BCUT2D eigenvalue weighted by molar-refractivity contribution is -0.142. The Hall–Kier alpha value is -2.67. The monoisotopic (exact) mass is 479 g/mol. The third kappa shape index (κ3) is 7.98.